The largest absolute Gasteiger partial charge is 0.0928 e. The Hall–Kier alpha value is -0.0400. The summed E-state index contributed by atoms with van der Waals surface area (Å²) in [6.07, 6.45) is 18.0. The lowest BCUT2D eigenvalue weighted by Crippen LogP contribution is -1.78. The maximum absolute atomic E-state index is 3.45. The van der Waals surface area contributed by atoms with Crippen LogP contribution in [-0.2, 0) is 0 Å². The second kappa shape index (κ2) is 13.0. The van der Waals surface area contributed by atoms with Gasteiger partial charge >= 0.3 is 0 Å². The zero-order valence-corrected chi connectivity index (χ0v) is 10.9. The van der Waals surface area contributed by atoms with Crippen LogP contribution in [0.4, 0.5) is 0 Å². The molecule has 0 fully saturated rings. The molecule has 0 radical (unpaired) electrons. The van der Waals surface area contributed by atoms with Crippen LogP contribution in [0.1, 0.15) is 51.9 Å². The van der Waals surface area contributed by atoms with Gasteiger partial charge in [0.2, 0.25) is 0 Å². The van der Waals surface area contributed by atoms with Gasteiger partial charge in [-0.1, -0.05) is 66.4 Å². The third-order valence-electron chi connectivity index (χ3n) is 2.12. The predicted octanol–water partition coefficient (Wildman–Crippen LogP) is 5.24. The van der Waals surface area contributed by atoms with Crippen molar-refractivity contribution in [3.05, 3.63) is 24.3 Å². The Bertz CT molecular complexity index is 147. The number of hydrogen-bond donors (Lipinski definition) is 0. The van der Waals surface area contributed by atoms with Crippen molar-refractivity contribution in [1.82, 2.24) is 0 Å². The molecule has 0 N–H and O–H groups in total. The number of alkyl halides is 1. The fourth-order valence-corrected chi connectivity index (χ4v) is 1.67. The van der Waals surface area contributed by atoms with E-state index >= 15 is 0 Å². The van der Waals surface area contributed by atoms with Gasteiger partial charge in [-0.05, 0) is 25.7 Å². The summed E-state index contributed by atoms with van der Waals surface area (Å²) in [4.78, 5) is 0. The molecule has 0 spiro atoms. The Morgan fingerprint density at radius 1 is 0.857 bits per heavy atom. The Morgan fingerprint density at radius 2 is 1.50 bits per heavy atom. The van der Waals surface area contributed by atoms with Crippen molar-refractivity contribution >= 4 is 15.9 Å². The molecule has 14 heavy (non-hydrogen) atoms. The molecule has 0 saturated heterocycles. The number of allylic oxidation sites excluding steroid dienone is 4. The minimum atomic E-state index is 1.14. The van der Waals surface area contributed by atoms with Gasteiger partial charge in [0.15, 0.2) is 0 Å². The zero-order valence-electron chi connectivity index (χ0n) is 9.34. The minimum Gasteiger partial charge on any atom is -0.0928 e. The average Bonchev–Trinajstić information content (AvgIpc) is 2.21. The molecular weight excluding hydrogens is 236 g/mol. The van der Waals surface area contributed by atoms with E-state index in [1.165, 1.54) is 38.5 Å². The SMILES string of the molecule is CCC=CC=CCCCCCCCBr. The number of unbranched alkanes of at least 4 members (excludes halogenated alkanes) is 5. The van der Waals surface area contributed by atoms with Crippen LogP contribution in [0.5, 0.6) is 0 Å². The van der Waals surface area contributed by atoms with E-state index in [-0.39, 0.29) is 0 Å². The maximum atomic E-state index is 3.45. The standard InChI is InChI=1S/C13H23Br/c1-2-3-4-5-6-7-8-9-10-11-12-13-14/h3-6H,2,7-13H2,1H3. The lowest BCUT2D eigenvalue weighted by atomic mass is 10.1. The molecule has 82 valence electrons. The zero-order chi connectivity index (χ0) is 10.5. The number of halogens is 1. The molecule has 0 aromatic rings. The van der Waals surface area contributed by atoms with Crippen LogP contribution in [0.25, 0.3) is 0 Å². The summed E-state index contributed by atoms with van der Waals surface area (Å²) >= 11 is 3.45. The third kappa shape index (κ3) is 12.0. The fourth-order valence-electron chi connectivity index (χ4n) is 1.28. The highest BCUT2D eigenvalue weighted by molar-refractivity contribution is 9.09. The highest BCUT2D eigenvalue weighted by atomic mass is 79.9. The van der Waals surface area contributed by atoms with E-state index < -0.39 is 0 Å². The van der Waals surface area contributed by atoms with Crippen molar-refractivity contribution in [3.8, 4) is 0 Å². The van der Waals surface area contributed by atoms with Crippen molar-refractivity contribution in [2.45, 2.75) is 51.9 Å². The second-order valence-electron chi connectivity index (χ2n) is 3.51. The van der Waals surface area contributed by atoms with Gasteiger partial charge in [0, 0.05) is 5.33 Å². The first kappa shape index (κ1) is 14.0. The normalized spacial score (nSPS) is 11.9. The topological polar surface area (TPSA) is 0 Å². The lowest BCUT2D eigenvalue weighted by molar-refractivity contribution is 0.641. The van der Waals surface area contributed by atoms with Gasteiger partial charge in [0.05, 0.1) is 0 Å². The van der Waals surface area contributed by atoms with Crippen molar-refractivity contribution in [2.24, 2.45) is 0 Å². The molecule has 0 nitrogen and oxygen atoms in total. The highest BCUT2D eigenvalue weighted by Crippen LogP contribution is 2.06. The van der Waals surface area contributed by atoms with Gasteiger partial charge in [-0.15, -0.1) is 0 Å². The van der Waals surface area contributed by atoms with Crippen LogP contribution in [0.15, 0.2) is 24.3 Å². The van der Waals surface area contributed by atoms with Gasteiger partial charge in [-0.3, -0.25) is 0 Å². The van der Waals surface area contributed by atoms with Crippen molar-refractivity contribution in [2.75, 3.05) is 5.33 Å². The number of rotatable bonds is 9. The Balaban J connectivity index is 3.05. The smallest absolute Gasteiger partial charge is 0.00313 e. The molecule has 1 heteroatoms. The van der Waals surface area contributed by atoms with Gasteiger partial charge in [0.1, 0.15) is 0 Å². The molecular formula is C13H23Br. The van der Waals surface area contributed by atoms with E-state index in [1.54, 1.807) is 0 Å². The van der Waals surface area contributed by atoms with E-state index in [0.717, 1.165) is 11.8 Å². The summed E-state index contributed by atoms with van der Waals surface area (Å²) in [5.41, 5.74) is 0. The van der Waals surface area contributed by atoms with Crippen LogP contribution in [-0.4, -0.2) is 5.33 Å². The van der Waals surface area contributed by atoms with Crippen molar-refractivity contribution in [1.29, 1.82) is 0 Å². The molecule has 0 aromatic heterocycles. The summed E-state index contributed by atoms with van der Waals surface area (Å²) in [5, 5.41) is 1.16. The fraction of sp³-hybridized carbons (Fsp3) is 0.692. The highest BCUT2D eigenvalue weighted by Gasteiger charge is 1.87. The first-order valence-electron chi connectivity index (χ1n) is 5.79. The molecule has 0 unspecified atom stereocenters. The van der Waals surface area contributed by atoms with Crippen LogP contribution >= 0.6 is 15.9 Å². The van der Waals surface area contributed by atoms with Crippen LogP contribution in [0.2, 0.25) is 0 Å². The van der Waals surface area contributed by atoms with Crippen molar-refractivity contribution < 1.29 is 0 Å². The first-order valence-corrected chi connectivity index (χ1v) is 6.91. The summed E-state index contributed by atoms with van der Waals surface area (Å²) in [6, 6.07) is 0. The maximum Gasteiger partial charge on any atom is 0.00313 e. The molecule has 0 rings (SSSR count). The Morgan fingerprint density at radius 3 is 2.21 bits per heavy atom. The monoisotopic (exact) mass is 258 g/mol. The van der Waals surface area contributed by atoms with Gasteiger partial charge in [-0.25, -0.2) is 0 Å². The molecule has 0 bridgehead atoms. The summed E-state index contributed by atoms with van der Waals surface area (Å²) in [5.74, 6) is 0. The van der Waals surface area contributed by atoms with E-state index in [0.29, 0.717) is 0 Å². The molecule has 0 aliphatic heterocycles. The minimum absolute atomic E-state index is 1.14. The molecule has 0 aliphatic carbocycles. The molecule has 0 atom stereocenters. The quantitative estimate of drug-likeness (QED) is 0.301. The van der Waals surface area contributed by atoms with E-state index in [4.69, 9.17) is 0 Å². The van der Waals surface area contributed by atoms with Crippen LogP contribution in [0.3, 0.4) is 0 Å². The Kier molecular flexibility index (Phi) is 12.9. The van der Waals surface area contributed by atoms with Crippen LogP contribution < -0.4 is 0 Å². The molecule has 0 aliphatic rings. The summed E-state index contributed by atoms with van der Waals surface area (Å²) in [7, 11) is 0. The lowest BCUT2D eigenvalue weighted by Gasteiger charge is -1.96. The van der Waals surface area contributed by atoms with E-state index in [1.807, 2.05) is 0 Å². The summed E-state index contributed by atoms with van der Waals surface area (Å²) < 4.78 is 0. The van der Waals surface area contributed by atoms with Crippen molar-refractivity contribution in [3.63, 3.8) is 0 Å². The first-order chi connectivity index (χ1) is 6.91. The average molecular weight is 259 g/mol. The van der Waals surface area contributed by atoms with Gasteiger partial charge in [-0.2, -0.15) is 0 Å². The number of hydrogen-bond acceptors (Lipinski definition) is 0. The van der Waals surface area contributed by atoms with Gasteiger partial charge in [0.25, 0.3) is 0 Å². The third-order valence-corrected chi connectivity index (χ3v) is 2.68. The Labute approximate surface area is 97.6 Å². The molecule has 0 saturated carbocycles. The molecule has 0 amide bonds. The molecule has 0 heterocycles. The second-order valence-corrected chi connectivity index (χ2v) is 4.30. The van der Waals surface area contributed by atoms with E-state index in [9.17, 15) is 0 Å². The van der Waals surface area contributed by atoms with Crippen LogP contribution in [0, 0.1) is 0 Å². The predicted molar refractivity (Wildman–Crippen MR) is 70.1 cm³/mol. The van der Waals surface area contributed by atoms with E-state index in [2.05, 4.69) is 47.2 Å². The molecule has 0 aromatic carbocycles. The van der Waals surface area contributed by atoms with Gasteiger partial charge < -0.3 is 0 Å². The summed E-state index contributed by atoms with van der Waals surface area (Å²) in [6.45, 7) is 2.16.